The zero-order valence-corrected chi connectivity index (χ0v) is 12.3. The van der Waals surface area contributed by atoms with Crippen molar-refractivity contribution in [2.75, 3.05) is 4.72 Å². The number of aliphatic hydroxyl groups excluding tert-OH is 1. The van der Waals surface area contributed by atoms with E-state index >= 15 is 0 Å². The molecule has 9 heteroatoms. The van der Waals surface area contributed by atoms with Crippen LogP contribution in [0.1, 0.15) is 24.5 Å². The molecule has 2 aromatic heterocycles. The second kappa shape index (κ2) is 4.91. The van der Waals surface area contributed by atoms with Gasteiger partial charge in [0, 0.05) is 18.6 Å². The lowest BCUT2D eigenvalue weighted by Gasteiger charge is -2.01. The Morgan fingerprint density at radius 1 is 1.47 bits per heavy atom. The number of nitrogens with zero attached hydrogens (tertiary/aromatic N) is 3. The molecule has 0 spiro atoms. The Morgan fingerprint density at radius 3 is 2.63 bits per heavy atom. The van der Waals surface area contributed by atoms with Crippen molar-refractivity contribution < 1.29 is 13.5 Å². The zero-order chi connectivity index (χ0) is 14.2. The summed E-state index contributed by atoms with van der Waals surface area (Å²) in [6.07, 6.45) is 0.701. The van der Waals surface area contributed by atoms with Gasteiger partial charge in [0.25, 0.3) is 10.0 Å². The third-order valence-electron chi connectivity index (χ3n) is 2.53. The van der Waals surface area contributed by atoms with E-state index in [2.05, 4.69) is 14.7 Å². The van der Waals surface area contributed by atoms with Gasteiger partial charge in [-0.1, -0.05) is 0 Å². The maximum absolute atomic E-state index is 12.1. The van der Waals surface area contributed by atoms with Crippen molar-refractivity contribution in [3.05, 3.63) is 23.1 Å². The van der Waals surface area contributed by atoms with Gasteiger partial charge in [0.05, 0.1) is 11.8 Å². The lowest BCUT2D eigenvalue weighted by atomic mass is 10.3. The van der Waals surface area contributed by atoms with Crippen molar-refractivity contribution in [3.63, 3.8) is 0 Å². The van der Waals surface area contributed by atoms with Gasteiger partial charge < -0.3 is 9.67 Å². The summed E-state index contributed by atoms with van der Waals surface area (Å²) in [6, 6.07) is 0. The van der Waals surface area contributed by atoms with E-state index in [4.69, 9.17) is 0 Å². The molecule has 2 aromatic rings. The molecule has 1 atom stereocenters. The average molecular weight is 302 g/mol. The fourth-order valence-electron chi connectivity index (χ4n) is 1.35. The Bertz CT molecular complexity index is 668. The van der Waals surface area contributed by atoms with E-state index in [1.165, 1.54) is 6.20 Å². The third-order valence-corrected chi connectivity index (χ3v) is 4.65. The molecule has 1 unspecified atom stereocenters. The Labute approximate surface area is 115 Å². The average Bonchev–Trinajstić information content (AvgIpc) is 2.87. The van der Waals surface area contributed by atoms with Crippen LogP contribution in [0.3, 0.4) is 0 Å². The number of sulfonamides is 1. The first-order valence-electron chi connectivity index (χ1n) is 5.46. The normalized spacial score (nSPS) is 13.5. The molecule has 0 bridgehead atoms. The number of thiazole rings is 1. The van der Waals surface area contributed by atoms with Crippen LogP contribution in [0.5, 0.6) is 0 Å². The van der Waals surface area contributed by atoms with Gasteiger partial charge in [0.1, 0.15) is 5.82 Å². The summed E-state index contributed by atoms with van der Waals surface area (Å²) in [5.74, 6) is 0.601. The number of rotatable bonds is 4. The first-order valence-corrected chi connectivity index (χ1v) is 7.82. The van der Waals surface area contributed by atoms with Crippen molar-refractivity contribution >= 4 is 26.5 Å². The summed E-state index contributed by atoms with van der Waals surface area (Å²) < 4.78 is 28.1. The molecule has 0 fully saturated rings. The number of aliphatic hydroxyl groups is 1. The molecule has 0 aliphatic carbocycles. The Balaban J connectivity index is 2.25. The van der Waals surface area contributed by atoms with Crippen LogP contribution < -0.4 is 4.72 Å². The molecule has 2 heterocycles. The molecule has 2 rings (SSSR count). The van der Waals surface area contributed by atoms with E-state index < -0.39 is 16.1 Å². The van der Waals surface area contributed by atoms with Gasteiger partial charge in [-0.05, 0) is 13.8 Å². The van der Waals surface area contributed by atoms with Gasteiger partial charge in [0.15, 0.2) is 10.2 Å². The molecule has 104 valence electrons. The van der Waals surface area contributed by atoms with Crippen LogP contribution in [-0.4, -0.2) is 28.1 Å². The quantitative estimate of drug-likeness (QED) is 0.879. The number of aromatic nitrogens is 3. The molecular formula is C10H14N4O3S2. The van der Waals surface area contributed by atoms with E-state index in [0.717, 1.165) is 11.3 Å². The maximum atomic E-state index is 12.1. The van der Waals surface area contributed by atoms with E-state index in [9.17, 15) is 13.5 Å². The summed E-state index contributed by atoms with van der Waals surface area (Å²) in [7, 11) is -2.02. The molecule has 0 aromatic carbocycles. The molecule has 7 nitrogen and oxygen atoms in total. The Morgan fingerprint density at radius 2 is 2.16 bits per heavy atom. The van der Waals surface area contributed by atoms with E-state index in [-0.39, 0.29) is 10.2 Å². The molecular weight excluding hydrogens is 288 g/mol. The fraction of sp³-hybridized carbons (Fsp3) is 0.400. The second-order valence-electron chi connectivity index (χ2n) is 4.10. The SMILES string of the molecule is Cc1nc(S(=O)(=O)Nc2nc(C(C)O)cs2)cn1C. The van der Waals surface area contributed by atoms with Crippen molar-refractivity contribution in [1.82, 2.24) is 14.5 Å². The first kappa shape index (κ1) is 14.0. The topological polar surface area (TPSA) is 97.1 Å². The zero-order valence-electron chi connectivity index (χ0n) is 10.7. The first-order chi connectivity index (χ1) is 8.79. The van der Waals surface area contributed by atoms with Crippen molar-refractivity contribution in [2.24, 2.45) is 7.05 Å². The van der Waals surface area contributed by atoms with Crippen LogP contribution in [0.4, 0.5) is 5.13 Å². The monoisotopic (exact) mass is 302 g/mol. The van der Waals surface area contributed by atoms with Crippen molar-refractivity contribution in [2.45, 2.75) is 25.0 Å². The highest BCUT2D eigenvalue weighted by molar-refractivity contribution is 7.92. The molecule has 0 aliphatic heterocycles. The van der Waals surface area contributed by atoms with E-state index in [1.807, 2.05) is 0 Å². The Hall–Kier alpha value is -1.45. The van der Waals surface area contributed by atoms with Crippen LogP contribution in [0.15, 0.2) is 16.6 Å². The molecule has 0 radical (unpaired) electrons. The predicted molar refractivity (Wildman–Crippen MR) is 71.5 cm³/mol. The summed E-state index contributed by atoms with van der Waals surface area (Å²) >= 11 is 1.11. The highest BCUT2D eigenvalue weighted by Crippen LogP contribution is 2.22. The molecule has 19 heavy (non-hydrogen) atoms. The van der Waals surface area contributed by atoms with Crippen molar-refractivity contribution in [3.8, 4) is 0 Å². The smallest absolute Gasteiger partial charge is 0.282 e. The molecule has 0 aliphatic rings. The van der Waals surface area contributed by atoms with Crippen LogP contribution in [0.2, 0.25) is 0 Å². The highest BCUT2D eigenvalue weighted by atomic mass is 32.2. The van der Waals surface area contributed by atoms with Gasteiger partial charge in [-0.3, -0.25) is 4.72 Å². The summed E-state index contributed by atoms with van der Waals surface area (Å²) in [6.45, 7) is 3.28. The van der Waals surface area contributed by atoms with E-state index in [0.29, 0.717) is 11.5 Å². The number of hydrogen-bond donors (Lipinski definition) is 2. The largest absolute Gasteiger partial charge is 0.387 e. The molecule has 2 N–H and O–H groups in total. The summed E-state index contributed by atoms with van der Waals surface area (Å²) in [4.78, 5) is 7.95. The number of nitrogens with one attached hydrogen (secondary N) is 1. The highest BCUT2D eigenvalue weighted by Gasteiger charge is 2.20. The lowest BCUT2D eigenvalue weighted by molar-refractivity contribution is 0.195. The van der Waals surface area contributed by atoms with Crippen LogP contribution in [0.25, 0.3) is 0 Å². The standard InChI is InChI=1S/C10H14N4O3S2/c1-6(15)8-5-18-10(12-8)13-19(16,17)9-4-14(3)7(2)11-9/h4-6,15H,1-3H3,(H,12,13). The summed E-state index contributed by atoms with van der Waals surface area (Å²) in [5, 5.41) is 11.1. The van der Waals surface area contributed by atoms with Crippen LogP contribution in [-0.2, 0) is 17.1 Å². The Kier molecular flexibility index (Phi) is 3.61. The third kappa shape index (κ3) is 2.94. The van der Waals surface area contributed by atoms with Gasteiger partial charge in [-0.2, -0.15) is 8.42 Å². The minimum atomic E-state index is -3.74. The maximum Gasteiger partial charge on any atom is 0.282 e. The van der Waals surface area contributed by atoms with Gasteiger partial charge in [-0.25, -0.2) is 9.97 Å². The van der Waals surface area contributed by atoms with Gasteiger partial charge in [0.2, 0.25) is 0 Å². The second-order valence-corrected chi connectivity index (χ2v) is 6.58. The number of anilines is 1. The number of imidazole rings is 1. The molecule has 0 saturated heterocycles. The van der Waals surface area contributed by atoms with Crippen LogP contribution >= 0.6 is 11.3 Å². The molecule has 0 saturated carbocycles. The minimum Gasteiger partial charge on any atom is -0.387 e. The van der Waals surface area contributed by atoms with Crippen molar-refractivity contribution in [1.29, 1.82) is 0 Å². The fourth-order valence-corrected chi connectivity index (χ4v) is 3.44. The summed E-state index contributed by atoms with van der Waals surface area (Å²) in [5.41, 5.74) is 0.430. The van der Waals surface area contributed by atoms with Crippen LogP contribution in [0, 0.1) is 6.92 Å². The van der Waals surface area contributed by atoms with Gasteiger partial charge in [-0.15, -0.1) is 11.3 Å². The number of aryl methyl sites for hydroxylation is 2. The predicted octanol–water partition coefficient (Wildman–Crippen LogP) is 1.04. The molecule has 0 amide bonds. The lowest BCUT2D eigenvalue weighted by Crippen LogP contribution is -2.13. The number of hydrogen-bond acceptors (Lipinski definition) is 6. The minimum absolute atomic E-state index is 0.0544. The van der Waals surface area contributed by atoms with E-state index in [1.54, 1.807) is 30.8 Å². The van der Waals surface area contributed by atoms with Gasteiger partial charge >= 0.3 is 0 Å².